The number of aromatic nitrogens is 8. The van der Waals surface area contributed by atoms with Crippen LogP contribution in [0, 0.1) is 27.7 Å². The van der Waals surface area contributed by atoms with Crippen LogP contribution in [0.4, 0.5) is 0 Å². The monoisotopic (exact) mass is 832 g/mol. The zero-order chi connectivity index (χ0) is 42.7. The molecule has 14 nitrogen and oxygen atoms in total. The minimum Gasteiger partial charge on any atom is -0.496 e. The topological polar surface area (TPSA) is 142 Å². The van der Waals surface area contributed by atoms with Gasteiger partial charge in [-0.05, 0) is 99.5 Å². The van der Waals surface area contributed by atoms with Crippen LogP contribution in [-0.2, 0) is 9.47 Å². The van der Waals surface area contributed by atoms with E-state index in [2.05, 4.69) is 44.7 Å². The maximum atomic E-state index is 6.18. The van der Waals surface area contributed by atoms with Gasteiger partial charge in [0.1, 0.15) is 35.2 Å². The quantitative estimate of drug-likeness (QED) is 0.130. The Morgan fingerprint density at radius 1 is 0.500 bits per heavy atom. The molecular weight excluding hydrogens is 785 g/mol. The summed E-state index contributed by atoms with van der Waals surface area (Å²) in [4.78, 5) is 0. The van der Waals surface area contributed by atoms with Crippen molar-refractivity contribution in [3.05, 3.63) is 119 Å². The van der Waals surface area contributed by atoms with Crippen molar-refractivity contribution in [1.29, 1.82) is 0 Å². The number of fused-ring (bicyclic) bond motifs is 2. The molecule has 0 amide bonds. The third kappa shape index (κ3) is 8.39. The molecule has 0 unspecified atom stereocenters. The molecule has 6 heterocycles. The number of benzene rings is 4. The average molecular weight is 833 g/mol. The Labute approximate surface area is 359 Å². The van der Waals surface area contributed by atoms with Crippen LogP contribution in [0.1, 0.15) is 35.1 Å². The second-order valence-electron chi connectivity index (χ2n) is 15.6. The van der Waals surface area contributed by atoms with Gasteiger partial charge in [0.05, 0.1) is 63.2 Å². The van der Waals surface area contributed by atoms with Gasteiger partial charge in [-0.15, -0.1) is 20.4 Å². The van der Waals surface area contributed by atoms with E-state index in [0.717, 1.165) is 105 Å². The fourth-order valence-electron chi connectivity index (χ4n) is 7.56. The summed E-state index contributed by atoms with van der Waals surface area (Å²) < 4.78 is 37.8. The van der Waals surface area contributed by atoms with E-state index in [1.54, 1.807) is 23.3 Å². The fraction of sp³-hybridized carbons (Fsp3) is 0.292. The SMILES string of the molecule is COc1ccc(C)cc1-c1nnc2ccc(-c3ccc(C)c(O[C@@H]4CCOC4)c3)nn12.COc1ccc(C)cc1-c1nnc2ccc(-c3ccc(C)c(O[C@H]4CCOC4)c3)nn12. The van der Waals surface area contributed by atoms with Crippen LogP contribution in [0.15, 0.2) is 97.1 Å². The van der Waals surface area contributed by atoms with Crippen LogP contribution >= 0.6 is 0 Å². The minimum atomic E-state index is 0.0997. The highest BCUT2D eigenvalue weighted by molar-refractivity contribution is 5.71. The molecule has 0 radical (unpaired) electrons. The Bertz CT molecular complexity index is 2690. The van der Waals surface area contributed by atoms with Crippen molar-refractivity contribution in [2.45, 2.75) is 52.7 Å². The summed E-state index contributed by atoms with van der Waals surface area (Å²) in [5, 5.41) is 27.0. The molecule has 10 rings (SSSR count). The van der Waals surface area contributed by atoms with Crippen molar-refractivity contribution in [1.82, 2.24) is 39.6 Å². The van der Waals surface area contributed by atoms with E-state index in [-0.39, 0.29) is 12.2 Å². The summed E-state index contributed by atoms with van der Waals surface area (Å²) >= 11 is 0. The molecule has 2 atom stereocenters. The third-order valence-corrected chi connectivity index (χ3v) is 11.0. The lowest BCUT2D eigenvalue weighted by Crippen LogP contribution is -2.16. The van der Waals surface area contributed by atoms with Crippen LogP contribution in [0.25, 0.3) is 56.6 Å². The second-order valence-corrected chi connectivity index (χ2v) is 15.6. The molecule has 0 spiro atoms. The Kier molecular flexibility index (Phi) is 11.5. The van der Waals surface area contributed by atoms with Crippen LogP contribution in [-0.4, -0.2) is 92.5 Å². The van der Waals surface area contributed by atoms with Gasteiger partial charge in [0.15, 0.2) is 22.9 Å². The van der Waals surface area contributed by atoms with Gasteiger partial charge in [-0.25, -0.2) is 0 Å². The first-order chi connectivity index (χ1) is 30.2. The number of hydrogen-bond acceptors (Lipinski definition) is 12. The summed E-state index contributed by atoms with van der Waals surface area (Å²) in [6.45, 7) is 10.9. The highest BCUT2D eigenvalue weighted by Crippen LogP contribution is 2.34. The molecule has 0 saturated carbocycles. The number of aryl methyl sites for hydroxylation is 4. The van der Waals surface area contributed by atoms with Gasteiger partial charge in [0.25, 0.3) is 0 Å². The lowest BCUT2D eigenvalue weighted by molar-refractivity contribution is 0.141. The van der Waals surface area contributed by atoms with Crippen LogP contribution in [0.3, 0.4) is 0 Å². The van der Waals surface area contributed by atoms with E-state index in [4.69, 9.17) is 38.6 Å². The number of methoxy groups -OCH3 is 2. The molecule has 4 aromatic heterocycles. The van der Waals surface area contributed by atoms with Crippen molar-refractivity contribution >= 4 is 11.3 Å². The summed E-state index contributed by atoms with van der Waals surface area (Å²) in [5.41, 5.74) is 11.0. The molecule has 14 heteroatoms. The van der Waals surface area contributed by atoms with E-state index in [1.807, 2.05) is 100 Å². The van der Waals surface area contributed by atoms with E-state index < -0.39 is 0 Å². The van der Waals surface area contributed by atoms with Crippen molar-refractivity contribution in [3.63, 3.8) is 0 Å². The Hall–Kier alpha value is -6.90. The summed E-state index contributed by atoms with van der Waals surface area (Å²) in [5.74, 6) is 4.47. The van der Waals surface area contributed by atoms with Gasteiger partial charge in [-0.3, -0.25) is 0 Å². The summed E-state index contributed by atoms with van der Waals surface area (Å²) in [6, 6.07) is 32.0. The average Bonchev–Trinajstić information content (AvgIpc) is 4.14. The normalized spacial score (nSPS) is 16.0. The molecule has 8 aromatic rings. The van der Waals surface area contributed by atoms with Crippen LogP contribution < -0.4 is 18.9 Å². The van der Waals surface area contributed by atoms with Crippen molar-refractivity contribution in [2.75, 3.05) is 40.6 Å². The zero-order valence-corrected chi connectivity index (χ0v) is 35.7. The minimum absolute atomic E-state index is 0.0997. The van der Waals surface area contributed by atoms with Gasteiger partial charge >= 0.3 is 0 Å². The Morgan fingerprint density at radius 3 is 1.35 bits per heavy atom. The van der Waals surface area contributed by atoms with Gasteiger partial charge in [-0.1, -0.05) is 47.5 Å². The number of hydrogen-bond donors (Lipinski definition) is 0. The maximum absolute atomic E-state index is 6.18. The first-order valence-corrected chi connectivity index (χ1v) is 20.7. The van der Waals surface area contributed by atoms with Gasteiger partial charge in [0, 0.05) is 24.0 Å². The first-order valence-electron chi connectivity index (χ1n) is 20.7. The second kappa shape index (κ2) is 17.6. The standard InChI is InChI=1S/2C24H24N4O3/c2*1-15-4-8-21(29-3)19(12-15)24-26-25-23-9-7-20(27-28(23)24)17-6-5-16(2)22(13-17)31-18-10-11-30-14-18/h2*4-9,12-13,18H,10-11,14H2,1-3H3/t2*18-/m10/s1. The number of rotatable bonds is 10. The first kappa shape index (κ1) is 40.5. The molecule has 2 fully saturated rings. The van der Waals surface area contributed by atoms with E-state index in [1.165, 1.54) is 0 Å². The molecule has 316 valence electrons. The zero-order valence-electron chi connectivity index (χ0n) is 35.7. The Morgan fingerprint density at radius 2 is 0.952 bits per heavy atom. The fourth-order valence-corrected chi connectivity index (χ4v) is 7.56. The molecule has 0 bridgehead atoms. The van der Waals surface area contributed by atoms with E-state index >= 15 is 0 Å². The number of nitrogens with zero attached hydrogens (tertiary/aromatic N) is 8. The van der Waals surface area contributed by atoms with Crippen molar-refractivity contribution in [3.8, 4) is 68.3 Å². The lowest BCUT2D eigenvalue weighted by atomic mass is 10.1. The lowest BCUT2D eigenvalue weighted by Gasteiger charge is -2.15. The Balaban J connectivity index is 0.000000158. The van der Waals surface area contributed by atoms with Gasteiger partial charge in [0.2, 0.25) is 0 Å². The molecule has 2 aliphatic heterocycles. The third-order valence-electron chi connectivity index (χ3n) is 11.0. The summed E-state index contributed by atoms with van der Waals surface area (Å²) in [6.07, 6.45) is 2.03. The molecule has 0 N–H and O–H groups in total. The van der Waals surface area contributed by atoms with E-state index in [9.17, 15) is 0 Å². The van der Waals surface area contributed by atoms with Gasteiger partial charge in [-0.2, -0.15) is 19.2 Å². The predicted octanol–water partition coefficient (Wildman–Crippen LogP) is 8.50. The van der Waals surface area contributed by atoms with Gasteiger partial charge < -0.3 is 28.4 Å². The van der Waals surface area contributed by atoms with Crippen LogP contribution in [0.5, 0.6) is 23.0 Å². The van der Waals surface area contributed by atoms with Crippen molar-refractivity contribution < 1.29 is 28.4 Å². The largest absolute Gasteiger partial charge is 0.496 e. The molecule has 62 heavy (non-hydrogen) atoms. The molecule has 0 aliphatic carbocycles. The highest BCUT2D eigenvalue weighted by Gasteiger charge is 2.21. The molecule has 4 aromatic carbocycles. The highest BCUT2D eigenvalue weighted by atomic mass is 16.6. The number of ether oxygens (including phenoxy) is 6. The maximum Gasteiger partial charge on any atom is 0.189 e. The smallest absolute Gasteiger partial charge is 0.189 e. The van der Waals surface area contributed by atoms with Crippen molar-refractivity contribution in [2.24, 2.45) is 0 Å². The molecule has 2 saturated heterocycles. The van der Waals surface area contributed by atoms with Crippen LogP contribution in [0.2, 0.25) is 0 Å². The summed E-state index contributed by atoms with van der Waals surface area (Å²) in [7, 11) is 3.30. The van der Waals surface area contributed by atoms with E-state index in [0.29, 0.717) is 36.2 Å². The molecular formula is C48H48N8O6. The molecule has 2 aliphatic rings. The predicted molar refractivity (Wildman–Crippen MR) is 235 cm³/mol.